The average Bonchev–Trinajstić information content (AvgIpc) is 3.54. The highest BCUT2D eigenvalue weighted by atomic mass is 13.7. The summed E-state index contributed by atoms with van der Waals surface area (Å²) < 4.78 is 0. The van der Waals surface area contributed by atoms with E-state index in [1.165, 1.54) is 0 Å². The standard InChI is InChI=1S/C87H9B/c1-4-7-10-13-16-19-22-25-28-31-34-37-40-43-46-49-52-55-58-61-64-67-70-73-76-79-82-85-88(86-83-80-77-74-71-68-65-62-59-56-53-50-47-44-41-38-35-32-29-26-23-20-17-14-11-8-5-2)87-84-81-78-75-72-69-66-63-60-57-54-51-48-45-42-39-36-33-30-27-24-21-18-15-12-9-6-3/h1-3H3. The van der Waals surface area contributed by atoms with Crippen LogP contribution in [0.15, 0.2) is 0 Å². The highest BCUT2D eigenvalue weighted by Gasteiger charge is 2.00. The van der Waals surface area contributed by atoms with E-state index < -0.39 is 6.71 Å². The predicted molar refractivity (Wildman–Crippen MR) is 349 cm³/mol. The van der Waals surface area contributed by atoms with Crippen LogP contribution in [0.3, 0.4) is 0 Å². The Labute approximate surface area is 521 Å². The Kier molecular flexibility index (Phi) is 52.7. The van der Waals surface area contributed by atoms with E-state index in [1.807, 2.05) is 0 Å². The van der Waals surface area contributed by atoms with Crippen LogP contribution in [0.25, 0.3) is 0 Å². The maximum absolute atomic E-state index is 2.79. The maximum atomic E-state index is 2.79. The van der Waals surface area contributed by atoms with Gasteiger partial charge >= 0.3 is 6.71 Å². The molecule has 0 unspecified atom stereocenters. The van der Waals surface area contributed by atoms with Crippen molar-refractivity contribution in [2.24, 2.45) is 0 Å². The zero-order chi connectivity index (χ0) is 63.0. The molecule has 0 aromatic carbocycles. The second kappa shape index (κ2) is 66.6. The molecule has 0 fully saturated rings. The van der Waals surface area contributed by atoms with Gasteiger partial charge in [-0.25, -0.2) is 0 Å². The van der Waals surface area contributed by atoms with Crippen molar-refractivity contribution in [1.82, 2.24) is 0 Å². The molecule has 0 aromatic heterocycles. The summed E-state index contributed by atoms with van der Waals surface area (Å²) in [5.41, 5.74) is 0. The molecule has 0 aliphatic carbocycles. The molecule has 0 atom stereocenters. The minimum Gasteiger partial charge on any atom is -0.106 e. The van der Waals surface area contributed by atoms with Gasteiger partial charge in [0.2, 0.25) is 0 Å². The van der Waals surface area contributed by atoms with Gasteiger partial charge in [-0.1, -0.05) is 17.8 Å². The lowest BCUT2D eigenvalue weighted by Crippen LogP contribution is -2.03. The van der Waals surface area contributed by atoms with Gasteiger partial charge in [-0.3, -0.25) is 0 Å². The first kappa shape index (κ1) is 69.6. The van der Waals surface area contributed by atoms with E-state index in [2.05, 4.69) is 497 Å². The zero-order valence-electron chi connectivity index (χ0n) is 45.6. The van der Waals surface area contributed by atoms with Crippen LogP contribution in [0.1, 0.15) is 20.8 Å². The molecule has 360 valence electrons. The van der Waals surface area contributed by atoms with E-state index >= 15 is 0 Å². The molecule has 0 N–H and O–H groups in total. The summed E-state index contributed by atoms with van der Waals surface area (Å²) in [6.45, 7) is 4.23. The van der Waals surface area contributed by atoms with Crippen molar-refractivity contribution in [2.45, 2.75) is 20.8 Å². The lowest BCUT2D eigenvalue weighted by atomic mass is 9.52. The second-order valence-corrected chi connectivity index (χ2v) is 11.4. The van der Waals surface area contributed by atoms with Crippen molar-refractivity contribution in [3.8, 4) is 497 Å². The highest BCUT2D eigenvalue weighted by molar-refractivity contribution is 6.82. The van der Waals surface area contributed by atoms with Crippen molar-refractivity contribution < 1.29 is 0 Å². The van der Waals surface area contributed by atoms with Crippen LogP contribution in [-0.2, 0) is 0 Å². The topological polar surface area (TPSA) is 0 Å². The Morgan fingerprint density at radius 2 is 0.159 bits per heavy atom. The van der Waals surface area contributed by atoms with E-state index in [1.54, 1.807) is 20.8 Å². The van der Waals surface area contributed by atoms with E-state index in [4.69, 9.17) is 0 Å². The monoisotopic (exact) mass is 1060 g/mol. The summed E-state index contributed by atoms with van der Waals surface area (Å²) in [5.74, 6) is 213. The Morgan fingerprint density at radius 1 is 0.0909 bits per heavy atom. The lowest BCUT2D eigenvalue weighted by Gasteiger charge is -1.78. The molecule has 0 saturated carbocycles. The SMILES string of the molecule is CC#CC#CC#CC#CC#CC#CC#CC#CC#CC#CC#CC#CC#CC#CB(C#CC#CC#CC#CC#CC#CC#CC#CC#CC#CC#CC#CC#CC#CC)C#CC#CC#CC#CC#CC#CC#CC#CC#CC#CC#CC#CC#CC#CC. The van der Waals surface area contributed by atoms with Crippen molar-refractivity contribution >= 4 is 6.71 Å². The van der Waals surface area contributed by atoms with Gasteiger partial charge in [-0.15, -0.1) is 17.5 Å². The smallest absolute Gasteiger partial charge is 0.106 e. The molecule has 0 radical (unpaired) electrons. The zero-order valence-corrected chi connectivity index (χ0v) is 45.6. The Morgan fingerprint density at radius 3 is 0.239 bits per heavy atom. The molecule has 0 aliphatic heterocycles. The van der Waals surface area contributed by atoms with Gasteiger partial charge in [-0.05, 0) is 305 Å². The summed E-state index contributed by atoms with van der Waals surface area (Å²) in [5, 5.41) is 0. The Bertz CT molecular complexity index is 5340. The molecular formula is C87H9B. The summed E-state index contributed by atoms with van der Waals surface area (Å²) >= 11 is 0. The fraction of sp³-hybridized carbons (Fsp3) is 0.0345. The predicted octanol–water partition coefficient (Wildman–Crippen LogP) is 1.30. The summed E-state index contributed by atoms with van der Waals surface area (Å²) in [6.07, 6.45) is 0. The molecule has 0 bridgehead atoms. The fourth-order valence-corrected chi connectivity index (χ4v) is 2.87. The fourth-order valence-electron chi connectivity index (χ4n) is 2.87. The summed E-state index contributed by atoms with van der Waals surface area (Å²) in [6, 6.07) is 0. The molecular weight excluding hydrogens is 1060 g/mol. The minimum absolute atomic E-state index is 0.808. The van der Waals surface area contributed by atoms with Crippen molar-refractivity contribution in [3.63, 3.8) is 0 Å². The number of hydrogen-bond donors (Lipinski definition) is 0. The third kappa shape index (κ3) is 63.7. The molecule has 0 spiro atoms. The summed E-state index contributed by atoms with van der Waals surface area (Å²) in [4.78, 5) is 0. The van der Waals surface area contributed by atoms with E-state index in [0.717, 1.165) is 0 Å². The van der Waals surface area contributed by atoms with Gasteiger partial charge in [-0.2, -0.15) is 0 Å². The number of hydrogen-bond acceptors (Lipinski definition) is 0. The molecule has 1 heteroatoms. The van der Waals surface area contributed by atoms with E-state index in [9.17, 15) is 0 Å². The first-order chi connectivity index (χ1) is 43.8. The minimum atomic E-state index is -0.808. The van der Waals surface area contributed by atoms with Crippen LogP contribution >= 0.6 is 0 Å². The molecule has 88 heavy (non-hydrogen) atoms. The van der Waals surface area contributed by atoms with Gasteiger partial charge in [0, 0.05) is 178 Å². The molecule has 0 nitrogen and oxygen atoms in total. The van der Waals surface area contributed by atoms with Gasteiger partial charge < -0.3 is 0 Å². The van der Waals surface area contributed by atoms with Crippen molar-refractivity contribution in [1.29, 1.82) is 0 Å². The Hall–Kier alpha value is -18.4. The van der Waals surface area contributed by atoms with Crippen LogP contribution < -0.4 is 0 Å². The average molecular weight is 1060 g/mol. The van der Waals surface area contributed by atoms with Crippen molar-refractivity contribution in [2.75, 3.05) is 0 Å². The van der Waals surface area contributed by atoms with Gasteiger partial charge in [0.1, 0.15) is 0 Å². The first-order valence-corrected chi connectivity index (χ1v) is 22.6. The quantitative estimate of drug-likeness (QED) is 0.254. The summed E-state index contributed by atoms with van der Waals surface area (Å²) in [7, 11) is 0. The third-order valence-electron chi connectivity index (χ3n) is 5.71. The number of rotatable bonds is 0. The van der Waals surface area contributed by atoms with Crippen LogP contribution in [0.2, 0.25) is 0 Å². The molecule has 0 amide bonds. The van der Waals surface area contributed by atoms with E-state index in [0.29, 0.717) is 0 Å². The Balaban J connectivity index is 5.91. The largest absolute Gasteiger partial charge is 0.398 e. The van der Waals surface area contributed by atoms with Crippen molar-refractivity contribution in [3.05, 3.63) is 0 Å². The molecule has 0 aromatic rings. The van der Waals surface area contributed by atoms with Gasteiger partial charge in [0.25, 0.3) is 0 Å². The molecule has 0 heterocycles. The second-order valence-electron chi connectivity index (χ2n) is 11.4. The van der Waals surface area contributed by atoms with Crippen LogP contribution in [-0.4, -0.2) is 6.71 Å². The van der Waals surface area contributed by atoms with Crippen LogP contribution in [0, 0.1) is 497 Å². The third-order valence-corrected chi connectivity index (χ3v) is 5.71. The van der Waals surface area contributed by atoms with Crippen LogP contribution in [0.4, 0.5) is 0 Å². The highest BCUT2D eigenvalue weighted by Crippen LogP contribution is 1.76. The van der Waals surface area contributed by atoms with Crippen LogP contribution in [0.5, 0.6) is 0 Å². The van der Waals surface area contributed by atoms with E-state index in [-0.39, 0.29) is 0 Å². The maximum Gasteiger partial charge on any atom is 0.398 e. The molecule has 0 saturated heterocycles. The molecule has 0 aliphatic rings. The lowest BCUT2D eigenvalue weighted by molar-refractivity contribution is 1.92. The van der Waals surface area contributed by atoms with Gasteiger partial charge in [0.05, 0.1) is 0 Å². The van der Waals surface area contributed by atoms with Gasteiger partial charge in [0.15, 0.2) is 0 Å². The normalized spacial score (nSPS) is 4.12. The first-order valence-electron chi connectivity index (χ1n) is 22.6. The molecule has 0 rings (SSSR count).